The number of phenols is 1. The molecule has 2 aromatic rings. The van der Waals surface area contributed by atoms with E-state index in [1.165, 1.54) is 0 Å². The van der Waals surface area contributed by atoms with Crippen molar-refractivity contribution in [3.63, 3.8) is 0 Å². The summed E-state index contributed by atoms with van der Waals surface area (Å²) in [6.07, 6.45) is 3.61. The average molecular weight is 217 g/mol. The molecule has 0 unspecified atom stereocenters. The minimum Gasteiger partial charge on any atom is -0.508 e. The van der Waals surface area contributed by atoms with Gasteiger partial charge in [0.15, 0.2) is 0 Å². The van der Waals surface area contributed by atoms with Crippen molar-refractivity contribution in [3.8, 4) is 5.75 Å². The Balaban J connectivity index is 1.89. The van der Waals surface area contributed by atoms with E-state index < -0.39 is 0 Å². The molecule has 0 saturated carbocycles. The van der Waals surface area contributed by atoms with Gasteiger partial charge in [-0.25, -0.2) is 4.98 Å². The summed E-state index contributed by atoms with van der Waals surface area (Å²) in [5.41, 5.74) is 2.03. The monoisotopic (exact) mass is 217 g/mol. The molecule has 4 heteroatoms. The van der Waals surface area contributed by atoms with Crippen LogP contribution in [-0.4, -0.2) is 14.7 Å². The van der Waals surface area contributed by atoms with E-state index >= 15 is 0 Å². The van der Waals surface area contributed by atoms with E-state index in [-0.39, 0.29) is 0 Å². The molecule has 0 saturated heterocycles. The Labute approximate surface area is 94.6 Å². The molecule has 2 rings (SSSR count). The number of hydrogen-bond acceptors (Lipinski definition) is 3. The maximum atomic E-state index is 9.56. The Hall–Kier alpha value is -1.81. The van der Waals surface area contributed by atoms with Crippen LogP contribution in [0.5, 0.6) is 5.75 Å². The SMILES string of the molecule is Cn1cncc1CNCc1ccccc1O. The second-order valence-electron chi connectivity index (χ2n) is 3.73. The summed E-state index contributed by atoms with van der Waals surface area (Å²) in [7, 11) is 1.96. The van der Waals surface area contributed by atoms with Gasteiger partial charge < -0.3 is 15.0 Å². The molecule has 84 valence electrons. The summed E-state index contributed by atoms with van der Waals surface area (Å²) in [4.78, 5) is 4.04. The van der Waals surface area contributed by atoms with Crippen LogP contribution >= 0.6 is 0 Å². The van der Waals surface area contributed by atoms with Crippen molar-refractivity contribution in [3.05, 3.63) is 48.0 Å². The molecule has 1 aromatic heterocycles. The zero-order valence-electron chi connectivity index (χ0n) is 9.22. The number of para-hydroxylation sites is 1. The molecule has 1 heterocycles. The summed E-state index contributed by atoms with van der Waals surface area (Å²) < 4.78 is 1.97. The zero-order valence-corrected chi connectivity index (χ0v) is 9.22. The van der Waals surface area contributed by atoms with E-state index in [0.717, 1.165) is 17.8 Å². The molecule has 0 aliphatic heterocycles. The second-order valence-corrected chi connectivity index (χ2v) is 3.73. The summed E-state index contributed by atoms with van der Waals surface area (Å²) in [5.74, 6) is 0.333. The van der Waals surface area contributed by atoms with Crippen molar-refractivity contribution in [1.29, 1.82) is 0 Å². The van der Waals surface area contributed by atoms with Gasteiger partial charge in [0.05, 0.1) is 12.0 Å². The molecule has 0 spiro atoms. The summed E-state index contributed by atoms with van der Waals surface area (Å²) in [5, 5.41) is 12.8. The number of benzene rings is 1. The fourth-order valence-corrected chi connectivity index (χ4v) is 1.54. The molecule has 4 nitrogen and oxygen atoms in total. The first-order valence-corrected chi connectivity index (χ1v) is 5.20. The maximum Gasteiger partial charge on any atom is 0.120 e. The van der Waals surface area contributed by atoms with Gasteiger partial charge in [-0.3, -0.25) is 0 Å². The second kappa shape index (κ2) is 4.81. The summed E-state index contributed by atoms with van der Waals surface area (Å²) in [6, 6.07) is 7.34. The number of phenolic OH excluding ortho intramolecular Hbond substituents is 1. The molecule has 0 amide bonds. The number of aromatic hydroxyl groups is 1. The number of nitrogens with one attached hydrogen (secondary N) is 1. The normalized spacial score (nSPS) is 10.6. The molecule has 0 aliphatic rings. The highest BCUT2D eigenvalue weighted by molar-refractivity contribution is 5.31. The first-order chi connectivity index (χ1) is 7.77. The number of imidazole rings is 1. The summed E-state index contributed by atoms with van der Waals surface area (Å²) in [6.45, 7) is 1.39. The predicted octanol–water partition coefficient (Wildman–Crippen LogP) is 1.42. The van der Waals surface area contributed by atoms with Gasteiger partial charge in [-0.05, 0) is 6.07 Å². The van der Waals surface area contributed by atoms with E-state index in [1.807, 2.05) is 36.0 Å². The molecule has 0 aliphatic carbocycles. The fraction of sp³-hybridized carbons (Fsp3) is 0.250. The lowest BCUT2D eigenvalue weighted by molar-refractivity contribution is 0.464. The highest BCUT2D eigenvalue weighted by Gasteiger charge is 2.00. The Bertz CT molecular complexity index is 465. The number of nitrogens with zero attached hydrogens (tertiary/aromatic N) is 2. The van der Waals surface area contributed by atoms with Crippen LogP contribution in [0.3, 0.4) is 0 Å². The summed E-state index contributed by atoms with van der Waals surface area (Å²) >= 11 is 0. The van der Waals surface area contributed by atoms with Crippen molar-refractivity contribution in [1.82, 2.24) is 14.9 Å². The lowest BCUT2D eigenvalue weighted by Crippen LogP contribution is -2.14. The maximum absolute atomic E-state index is 9.56. The number of rotatable bonds is 4. The van der Waals surface area contributed by atoms with Gasteiger partial charge in [0.2, 0.25) is 0 Å². The van der Waals surface area contributed by atoms with Crippen LogP contribution in [0.15, 0.2) is 36.8 Å². The molecule has 0 fully saturated rings. The van der Waals surface area contributed by atoms with Crippen LogP contribution in [0.2, 0.25) is 0 Å². The van der Waals surface area contributed by atoms with Crippen molar-refractivity contribution in [2.24, 2.45) is 7.05 Å². The topological polar surface area (TPSA) is 50.1 Å². The fourth-order valence-electron chi connectivity index (χ4n) is 1.54. The van der Waals surface area contributed by atoms with Crippen molar-refractivity contribution in [2.75, 3.05) is 0 Å². The van der Waals surface area contributed by atoms with Gasteiger partial charge >= 0.3 is 0 Å². The predicted molar refractivity (Wildman–Crippen MR) is 61.9 cm³/mol. The average Bonchev–Trinajstić information content (AvgIpc) is 2.67. The Kier molecular flexibility index (Phi) is 3.22. The van der Waals surface area contributed by atoms with E-state index in [0.29, 0.717) is 12.3 Å². The van der Waals surface area contributed by atoms with E-state index in [2.05, 4.69) is 10.3 Å². The minimum atomic E-state index is 0.333. The first-order valence-electron chi connectivity index (χ1n) is 5.20. The zero-order chi connectivity index (χ0) is 11.4. The largest absolute Gasteiger partial charge is 0.508 e. The van der Waals surface area contributed by atoms with Crippen molar-refractivity contribution in [2.45, 2.75) is 13.1 Å². The highest BCUT2D eigenvalue weighted by Crippen LogP contribution is 2.14. The smallest absolute Gasteiger partial charge is 0.120 e. The standard InChI is InChI=1S/C12H15N3O/c1-15-9-14-8-11(15)7-13-6-10-4-2-3-5-12(10)16/h2-5,8-9,13,16H,6-7H2,1H3. The lowest BCUT2D eigenvalue weighted by atomic mass is 10.2. The molecular formula is C12H15N3O. The van der Waals surface area contributed by atoms with Crippen LogP contribution in [0.25, 0.3) is 0 Å². The van der Waals surface area contributed by atoms with Gasteiger partial charge in [-0.15, -0.1) is 0 Å². The van der Waals surface area contributed by atoms with Crippen molar-refractivity contribution < 1.29 is 5.11 Å². The van der Waals surface area contributed by atoms with Gasteiger partial charge in [0, 0.05) is 31.9 Å². The Morgan fingerprint density at radius 1 is 1.31 bits per heavy atom. The molecule has 1 aromatic carbocycles. The molecule has 0 bridgehead atoms. The number of aryl methyl sites for hydroxylation is 1. The highest BCUT2D eigenvalue weighted by atomic mass is 16.3. The Morgan fingerprint density at radius 2 is 2.12 bits per heavy atom. The third kappa shape index (κ3) is 2.41. The van der Waals surface area contributed by atoms with Gasteiger partial charge in [0.1, 0.15) is 5.75 Å². The number of aromatic nitrogens is 2. The molecule has 16 heavy (non-hydrogen) atoms. The first kappa shape index (κ1) is 10.7. The quantitative estimate of drug-likeness (QED) is 0.814. The van der Waals surface area contributed by atoms with Gasteiger partial charge in [0.25, 0.3) is 0 Å². The van der Waals surface area contributed by atoms with Crippen LogP contribution in [-0.2, 0) is 20.1 Å². The van der Waals surface area contributed by atoms with E-state index in [4.69, 9.17) is 0 Å². The molecule has 2 N–H and O–H groups in total. The van der Waals surface area contributed by atoms with Gasteiger partial charge in [-0.1, -0.05) is 18.2 Å². The third-order valence-electron chi connectivity index (χ3n) is 2.53. The van der Waals surface area contributed by atoms with Crippen LogP contribution in [0.1, 0.15) is 11.3 Å². The Morgan fingerprint density at radius 3 is 2.81 bits per heavy atom. The van der Waals surface area contributed by atoms with Crippen LogP contribution in [0.4, 0.5) is 0 Å². The van der Waals surface area contributed by atoms with Crippen LogP contribution in [0, 0.1) is 0 Å². The van der Waals surface area contributed by atoms with Crippen LogP contribution < -0.4 is 5.32 Å². The molecule has 0 atom stereocenters. The third-order valence-corrected chi connectivity index (χ3v) is 2.53. The molecular weight excluding hydrogens is 202 g/mol. The van der Waals surface area contributed by atoms with Crippen molar-refractivity contribution >= 4 is 0 Å². The van der Waals surface area contributed by atoms with E-state index in [9.17, 15) is 5.11 Å². The van der Waals surface area contributed by atoms with Gasteiger partial charge in [-0.2, -0.15) is 0 Å². The molecule has 0 radical (unpaired) electrons. The van der Waals surface area contributed by atoms with E-state index in [1.54, 1.807) is 12.4 Å². The minimum absolute atomic E-state index is 0.333. The number of hydrogen-bond donors (Lipinski definition) is 2. The lowest BCUT2D eigenvalue weighted by Gasteiger charge is -2.06.